The molecule has 0 unspecified atom stereocenters. The lowest BCUT2D eigenvalue weighted by atomic mass is 9.91. The number of hydrogen-bond donors (Lipinski definition) is 0. The van der Waals surface area contributed by atoms with Gasteiger partial charge in [-0.05, 0) is 106 Å². The highest BCUT2D eigenvalue weighted by Gasteiger charge is 2.17. The summed E-state index contributed by atoms with van der Waals surface area (Å²) in [5.41, 5.74) is 12.1. The van der Waals surface area contributed by atoms with Crippen LogP contribution in [0.1, 0.15) is 0 Å². The molecule has 12 rings (SSSR count). The van der Waals surface area contributed by atoms with Crippen LogP contribution in [0.25, 0.3) is 122 Å². The third-order valence-corrected chi connectivity index (χ3v) is 12.5. The lowest BCUT2D eigenvalue weighted by molar-refractivity contribution is 1.07. The van der Waals surface area contributed by atoms with Crippen LogP contribution < -0.4 is 0 Å². The number of rotatable bonds is 7. The van der Waals surface area contributed by atoms with Gasteiger partial charge in [0.2, 0.25) is 0 Å². The second-order valence-electron chi connectivity index (χ2n) is 16.3. The number of nitrogens with zero attached hydrogens (tertiary/aromatic N) is 3. The average molecular weight is 814 g/mol. The molecule has 0 spiro atoms. The molecule has 1 aromatic heterocycles. The molecule has 0 saturated heterocycles. The van der Waals surface area contributed by atoms with E-state index in [1.54, 1.807) is 0 Å². The monoisotopic (exact) mass is 813 g/mol. The summed E-state index contributed by atoms with van der Waals surface area (Å²) in [6.07, 6.45) is 0. The maximum Gasteiger partial charge on any atom is 0.164 e. The maximum atomic E-state index is 5.25. The third-order valence-electron chi connectivity index (χ3n) is 12.5. The van der Waals surface area contributed by atoms with Crippen LogP contribution in [0.2, 0.25) is 0 Å². The molecule has 0 aliphatic heterocycles. The minimum Gasteiger partial charge on any atom is -0.208 e. The zero-order valence-corrected chi connectivity index (χ0v) is 34.9. The Morgan fingerprint density at radius 1 is 0.188 bits per heavy atom. The molecule has 0 aliphatic carbocycles. The zero-order valence-electron chi connectivity index (χ0n) is 34.9. The van der Waals surface area contributed by atoms with E-state index in [0.717, 1.165) is 38.9 Å². The van der Waals surface area contributed by atoms with Crippen LogP contribution in [0.15, 0.2) is 237 Å². The molecule has 0 aliphatic rings. The second-order valence-corrected chi connectivity index (χ2v) is 16.3. The van der Waals surface area contributed by atoms with E-state index in [9.17, 15) is 0 Å². The summed E-state index contributed by atoms with van der Waals surface area (Å²) in [6, 6.07) is 84.2. The molecule has 11 aromatic carbocycles. The van der Waals surface area contributed by atoms with Gasteiger partial charge in [-0.15, -0.1) is 0 Å². The highest BCUT2D eigenvalue weighted by atomic mass is 15.0. The van der Waals surface area contributed by atoms with Gasteiger partial charge in [0.1, 0.15) is 0 Å². The Labute approximate surface area is 371 Å². The molecule has 0 amide bonds. The van der Waals surface area contributed by atoms with Gasteiger partial charge in [-0.3, -0.25) is 0 Å². The average Bonchev–Trinajstić information content (AvgIpc) is 3.38. The van der Waals surface area contributed by atoms with Crippen LogP contribution in [-0.4, -0.2) is 15.0 Å². The van der Waals surface area contributed by atoms with Crippen LogP contribution in [0.5, 0.6) is 0 Å². The van der Waals surface area contributed by atoms with Crippen molar-refractivity contribution in [1.29, 1.82) is 0 Å². The van der Waals surface area contributed by atoms with E-state index in [1.807, 2.05) is 0 Å². The largest absolute Gasteiger partial charge is 0.208 e. The van der Waals surface area contributed by atoms with E-state index < -0.39 is 0 Å². The van der Waals surface area contributed by atoms with Gasteiger partial charge in [0, 0.05) is 16.7 Å². The number of hydrogen-bond acceptors (Lipinski definition) is 3. The van der Waals surface area contributed by atoms with E-state index in [1.165, 1.54) is 65.3 Å². The quantitative estimate of drug-likeness (QED) is 0.150. The van der Waals surface area contributed by atoms with Crippen LogP contribution in [0.4, 0.5) is 0 Å². The van der Waals surface area contributed by atoms with Gasteiger partial charge in [0.05, 0.1) is 0 Å². The first kappa shape index (κ1) is 37.2. The molecular formula is C61H39N3. The van der Waals surface area contributed by atoms with Crippen LogP contribution in [0.3, 0.4) is 0 Å². The fourth-order valence-corrected chi connectivity index (χ4v) is 9.40. The molecule has 0 radical (unpaired) electrons. The normalized spacial score (nSPS) is 11.4. The van der Waals surface area contributed by atoms with Gasteiger partial charge in [-0.1, -0.05) is 218 Å². The van der Waals surface area contributed by atoms with E-state index in [4.69, 9.17) is 15.0 Å². The Kier molecular flexibility index (Phi) is 9.16. The molecule has 0 atom stereocenters. The molecule has 298 valence electrons. The van der Waals surface area contributed by atoms with Crippen molar-refractivity contribution in [1.82, 2.24) is 15.0 Å². The molecule has 64 heavy (non-hydrogen) atoms. The summed E-state index contributed by atoms with van der Waals surface area (Å²) in [5, 5.41) is 9.79. The summed E-state index contributed by atoms with van der Waals surface area (Å²) in [5.74, 6) is 1.86. The molecule has 0 N–H and O–H groups in total. The summed E-state index contributed by atoms with van der Waals surface area (Å²) in [6.45, 7) is 0. The fraction of sp³-hybridized carbons (Fsp3) is 0. The van der Waals surface area contributed by atoms with Gasteiger partial charge in [0.15, 0.2) is 17.5 Å². The molecule has 0 bridgehead atoms. The van der Waals surface area contributed by atoms with Crippen LogP contribution in [0, 0.1) is 0 Å². The van der Waals surface area contributed by atoms with Crippen molar-refractivity contribution in [3.8, 4) is 78.7 Å². The van der Waals surface area contributed by atoms with Gasteiger partial charge in [-0.2, -0.15) is 0 Å². The number of aromatic nitrogens is 3. The molecule has 3 nitrogen and oxygen atoms in total. The van der Waals surface area contributed by atoms with E-state index in [0.29, 0.717) is 17.5 Å². The first-order valence-electron chi connectivity index (χ1n) is 21.8. The Balaban J connectivity index is 0.995. The summed E-state index contributed by atoms with van der Waals surface area (Å²) in [4.78, 5) is 15.7. The summed E-state index contributed by atoms with van der Waals surface area (Å²) in [7, 11) is 0. The molecule has 0 saturated carbocycles. The SMILES string of the molecule is c1ccc(-c2ccc(-c3cccc(-c4nc(-c5ccc(-c6cc7ccccc7c7ccccc67)cc5)nc(-c5cccc(-c6cccc7ccccc67)c5)n4)c3)c3ccccc23)cc1. The van der Waals surface area contributed by atoms with Crippen molar-refractivity contribution >= 4 is 43.1 Å². The molecule has 0 fully saturated rings. The minimum atomic E-state index is 0.618. The Morgan fingerprint density at radius 2 is 0.578 bits per heavy atom. The molecule has 1 heterocycles. The maximum absolute atomic E-state index is 5.25. The lowest BCUT2D eigenvalue weighted by Gasteiger charge is -2.14. The molecule has 3 heteroatoms. The first-order chi connectivity index (χ1) is 31.7. The topological polar surface area (TPSA) is 38.7 Å². The van der Waals surface area contributed by atoms with Crippen molar-refractivity contribution in [2.24, 2.45) is 0 Å². The predicted molar refractivity (Wildman–Crippen MR) is 268 cm³/mol. The van der Waals surface area contributed by atoms with Crippen molar-refractivity contribution in [2.45, 2.75) is 0 Å². The molecule has 12 aromatic rings. The van der Waals surface area contributed by atoms with Crippen molar-refractivity contribution in [2.75, 3.05) is 0 Å². The van der Waals surface area contributed by atoms with Gasteiger partial charge in [-0.25, -0.2) is 15.0 Å². The number of benzene rings is 11. The number of fused-ring (bicyclic) bond motifs is 5. The Morgan fingerprint density at radius 3 is 1.22 bits per heavy atom. The van der Waals surface area contributed by atoms with Gasteiger partial charge >= 0.3 is 0 Å². The predicted octanol–water partition coefficient (Wildman–Crippen LogP) is 16.2. The smallest absolute Gasteiger partial charge is 0.164 e. The van der Waals surface area contributed by atoms with Crippen molar-refractivity contribution in [3.05, 3.63) is 237 Å². The van der Waals surface area contributed by atoms with Gasteiger partial charge < -0.3 is 0 Å². The van der Waals surface area contributed by atoms with E-state index >= 15 is 0 Å². The highest BCUT2D eigenvalue weighted by molar-refractivity contribution is 6.14. The standard InChI is InChI=1S/C61H39N3/c1-2-15-40(16-3-1)52-35-36-53(56-28-9-8-27-55(52)56)45-21-13-23-48(38-45)61-63-59(62-60(64-61)47-22-12-20-44(37-47)50-30-14-19-41-17-4-6-24-49(41)50)43-33-31-42(32-34-43)58-39-46-18-5-7-25-51(46)54-26-10-11-29-57(54)58/h1-39H. The second kappa shape index (κ2) is 15.7. The summed E-state index contributed by atoms with van der Waals surface area (Å²) >= 11 is 0. The first-order valence-corrected chi connectivity index (χ1v) is 21.8. The van der Waals surface area contributed by atoms with Crippen LogP contribution in [-0.2, 0) is 0 Å². The minimum absolute atomic E-state index is 0.618. The van der Waals surface area contributed by atoms with E-state index in [2.05, 4.69) is 237 Å². The zero-order chi connectivity index (χ0) is 42.4. The highest BCUT2D eigenvalue weighted by Crippen LogP contribution is 2.39. The van der Waals surface area contributed by atoms with Gasteiger partial charge in [0.25, 0.3) is 0 Å². The third kappa shape index (κ3) is 6.68. The Bertz CT molecular complexity index is 3720. The lowest BCUT2D eigenvalue weighted by Crippen LogP contribution is -2.00. The molecular weight excluding hydrogens is 775 g/mol. The van der Waals surface area contributed by atoms with Crippen LogP contribution >= 0.6 is 0 Å². The van der Waals surface area contributed by atoms with Crippen molar-refractivity contribution < 1.29 is 0 Å². The Hall–Kier alpha value is -8.53. The summed E-state index contributed by atoms with van der Waals surface area (Å²) < 4.78 is 0. The van der Waals surface area contributed by atoms with E-state index in [-0.39, 0.29) is 0 Å². The fourth-order valence-electron chi connectivity index (χ4n) is 9.40. The van der Waals surface area contributed by atoms with Crippen molar-refractivity contribution in [3.63, 3.8) is 0 Å².